The van der Waals surface area contributed by atoms with E-state index in [9.17, 15) is 0 Å². The van der Waals surface area contributed by atoms with E-state index >= 15 is 0 Å². The monoisotopic (exact) mass is 158 g/mol. The molecule has 0 atom stereocenters. The van der Waals surface area contributed by atoms with Crippen molar-refractivity contribution in [3.05, 3.63) is 0 Å². The average Bonchev–Trinajstić information content (AvgIpc) is 0.811. The molecule has 0 radical (unpaired) electrons. The average molecular weight is 158 g/mol. The van der Waals surface area contributed by atoms with Crippen molar-refractivity contribution in [2.45, 2.75) is 0 Å². The van der Waals surface area contributed by atoms with Gasteiger partial charge in [-0.3, -0.25) is 0 Å². The smallest absolute Gasteiger partial charge is 0.854 e. The minimum absolute atomic E-state index is 0. The summed E-state index contributed by atoms with van der Waals surface area (Å²) in [5.74, 6) is 0. The Hall–Kier alpha value is 3.58. The van der Waals surface area contributed by atoms with Crippen molar-refractivity contribution in [1.82, 2.24) is 0 Å². The minimum Gasteiger partial charge on any atom is -0.854 e. The van der Waals surface area contributed by atoms with E-state index in [0.717, 1.165) is 0 Å². The molecule has 0 N–H and O–H groups in total. The maximum atomic E-state index is 8.48. The summed E-state index contributed by atoms with van der Waals surface area (Å²) < 4.78 is 0. The molecule has 6 heavy (non-hydrogen) atoms. The van der Waals surface area contributed by atoms with Crippen LogP contribution in [0.3, 0.4) is 0 Å². The summed E-state index contributed by atoms with van der Waals surface area (Å²) in [5.41, 5.74) is 0. The largest absolute Gasteiger partial charge is 1.00 e. The van der Waals surface area contributed by atoms with Crippen LogP contribution in [0.5, 0.6) is 0 Å². The van der Waals surface area contributed by atoms with E-state index < -0.39 is 8.60 Å². The van der Waals surface area contributed by atoms with Gasteiger partial charge in [0.1, 0.15) is 0 Å². The van der Waals surface area contributed by atoms with E-state index in [1.807, 2.05) is 0 Å². The molecule has 0 fully saturated rings. The van der Waals surface area contributed by atoms with Crippen molar-refractivity contribution in [3.63, 3.8) is 0 Å². The Balaban J connectivity index is -0.0000000150. The minimum atomic E-state index is -3.37. The molecule has 6 heteroatoms. The first-order chi connectivity index (χ1) is 1.73. The summed E-state index contributed by atoms with van der Waals surface area (Å²) in [4.78, 5) is 25.4. The van der Waals surface area contributed by atoms with Crippen molar-refractivity contribution in [2.75, 3.05) is 0 Å². The number of hydrogen-bond donors (Lipinski definition) is 0. The van der Waals surface area contributed by atoms with Crippen LogP contribution < -0.4 is 117 Å². The molecule has 0 saturated heterocycles. The van der Waals surface area contributed by atoms with Gasteiger partial charge in [0.25, 0.3) is 0 Å². The van der Waals surface area contributed by atoms with Gasteiger partial charge in [0.15, 0.2) is 0 Å². The summed E-state index contributed by atoms with van der Waals surface area (Å²) in [6.45, 7) is 0. The fourth-order valence-electron chi connectivity index (χ4n) is 0. The first kappa shape index (κ1) is 16.3. The molecule has 0 aromatic heterocycles. The van der Waals surface area contributed by atoms with Crippen molar-refractivity contribution in [3.8, 4) is 0 Å². The second kappa shape index (κ2) is 11.4. The number of rotatable bonds is 0. The van der Waals surface area contributed by atoms with Crippen LogP contribution in [0, 0.1) is 0 Å². The van der Waals surface area contributed by atoms with Gasteiger partial charge in [-0.05, 0) is 0 Å². The van der Waals surface area contributed by atoms with Crippen molar-refractivity contribution in [1.29, 1.82) is 0 Å². The predicted octanol–water partition coefficient (Wildman–Crippen LogP) is -8.59. The molecule has 0 amide bonds. The first-order valence-electron chi connectivity index (χ1n) is 0.548. The normalized spacial score (nSPS) is 6.00. The van der Waals surface area contributed by atoms with Crippen LogP contribution in [0.15, 0.2) is 0 Å². The molecule has 0 unspecified atom stereocenters. The first-order valence-corrected chi connectivity index (χ1v) is 1.64. The quantitative estimate of drug-likeness (QED) is 0.260. The molecule has 0 spiro atoms. The van der Waals surface area contributed by atoms with Gasteiger partial charge in [-0.25, -0.2) is 0 Å². The van der Waals surface area contributed by atoms with Crippen LogP contribution in [0.25, 0.3) is 0 Å². The molecule has 0 aliphatic heterocycles. The SMILES string of the molecule is [H+].[K+].[K+].[O-]P([O-])[O-]. The van der Waals surface area contributed by atoms with E-state index in [1.165, 1.54) is 0 Å². The molecule has 0 aliphatic rings. The van der Waals surface area contributed by atoms with Crippen molar-refractivity contribution in [2.24, 2.45) is 0 Å². The van der Waals surface area contributed by atoms with Crippen LogP contribution in [-0.4, -0.2) is 0 Å². The summed E-state index contributed by atoms with van der Waals surface area (Å²) in [7, 11) is -3.37. The molecule has 0 rings (SSSR count). The Labute approximate surface area is 124 Å². The van der Waals surface area contributed by atoms with Gasteiger partial charge in [0, 0.05) is 0 Å². The third kappa shape index (κ3) is 25.6. The summed E-state index contributed by atoms with van der Waals surface area (Å²) in [6, 6.07) is 0. The van der Waals surface area contributed by atoms with Gasteiger partial charge in [0.05, 0.1) is 0 Å². The maximum absolute atomic E-state index is 8.48. The molecular formula is HK2O3P. The van der Waals surface area contributed by atoms with E-state index in [4.69, 9.17) is 14.7 Å². The fourth-order valence-corrected chi connectivity index (χ4v) is 0. The van der Waals surface area contributed by atoms with Crippen LogP contribution in [0.1, 0.15) is 1.43 Å². The van der Waals surface area contributed by atoms with Gasteiger partial charge in [-0.2, -0.15) is 0 Å². The van der Waals surface area contributed by atoms with E-state index in [-0.39, 0.29) is 104 Å². The van der Waals surface area contributed by atoms with E-state index in [0.29, 0.717) is 0 Å². The van der Waals surface area contributed by atoms with Gasteiger partial charge >= 0.3 is 104 Å². The summed E-state index contributed by atoms with van der Waals surface area (Å²) in [5, 5.41) is 0. The van der Waals surface area contributed by atoms with Crippen molar-refractivity contribution < 1.29 is 119 Å². The zero-order valence-electron chi connectivity index (χ0n) is 4.67. The topological polar surface area (TPSA) is 69.2 Å². The van der Waals surface area contributed by atoms with E-state index in [2.05, 4.69) is 0 Å². The van der Waals surface area contributed by atoms with Gasteiger partial charge in [0.2, 0.25) is 0 Å². The van der Waals surface area contributed by atoms with Crippen molar-refractivity contribution >= 4 is 8.60 Å². The summed E-state index contributed by atoms with van der Waals surface area (Å²) in [6.07, 6.45) is 0. The van der Waals surface area contributed by atoms with Gasteiger partial charge in [-0.15, -0.1) is 0 Å². The van der Waals surface area contributed by atoms with Crippen LogP contribution >= 0.6 is 8.60 Å². The molecule has 0 aromatic rings. The number of hydrogen-bond acceptors (Lipinski definition) is 3. The molecule has 0 heterocycles. The van der Waals surface area contributed by atoms with Gasteiger partial charge < -0.3 is 23.3 Å². The molecule has 0 aliphatic carbocycles. The second-order valence-corrected chi connectivity index (χ2v) is 0.671. The van der Waals surface area contributed by atoms with Gasteiger partial charge in [-0.1, -0.05) is 0 Å². The zero-order valence-corrected chi connectivity index (χ0v) is 10.8. The Kier molecular flexibility index (Phi) is 30.9. The predicted molar refractivity (Wildman–Crippen MR) is 8.03 cm³/mol. The van der Waals surface area contributed by atoms with Crippen LogP contribution in [0.4, 0.5) is 0 Å². The van der Waals surface area contributed by atoms with E-state index in [1.54, 1.807) is 0 Å². The molecule has 0 bridgehead atoms. The standard InChI is InChI=1S/2K.O3P/c;;1-4(2)3/q2*+1;-3/p+1. The fraction of sp³-hybridized carbons (Fsp3) is 0. The zero-order chi connectivity index (χ0) is 3.58. The molecule has 0 saturated carbocycles. The Morgan fingerprint density at radius 1 is 1.00 bits per heavy atom. The van der Waals surface area contributed by atoms with Crippen LogP contribution in [0.2, 0.25) is 0 Å². The molecule has 3 nitrogen and oxygen atoms in total. The molecule has 0 aromatic carbocycles. The Morgan fingerprint density at radius 2 is 1.00 bits per heavy atom. The Bertz CT molecular complexity index is 17.7. The second-order valence-electron chi connectivity index (χ2n) is 0.224. The summed E-state index contributed by atoms with van der Waals surface area (Å²) >= 11 is 0. The maximum Gasteiger partial charge on any atom is 1.00 e. The third-order valence-electron chi connectivity index (χ3n) is 0. The van der Waals surface area contributed by atoms with Crippen LogP contribution in [-0.2, 0) is 0 Å². The molecule has 26 valence electrons. The molecular weight excluding hydrogens is 157 g/mol. The third-order valence-corrected chi connectivity index (χ3v) is 0. The Morgan fingerprint density at radius 3 is 1.00 bits per heavy atom.